The lowest BCUT2D eigenvalue weighted by Gasteiger charge is -2.19. The van der Waals surface area contributed by atoms with E-state index in [9.17, 15) is 9.59 Å². The van der Waals surface area contributed by atoms with Gasteiger partial charge in [-0.25, -0.2) is 0 Å². The first kappa shape index (κ1) is 24.5. The molecule has 2 unspecified atom stereocenters. The van der Waals surface area contributed by atoms with Gasteiger partial charge in [0, 0.05) is 37.7 Å². The number of likely N-dealkylation sites (tertiary alicyclic amines) is 1. The lowest BCUT2D eigenvalue weighted by atomic mass is 9.88. The third-order valence-electron chi connectivity index (χ3n) is 6.61. The largest absolute Gasteiger partial charge is 0.497 e. The molecule has 3 aromatic rings. The number of hydrogen-bond acceptors (Lipinski definition) is 4. The highest BCUT2D eigenvalue weighted by molar-refractivity contribution is 5.94. The van der Waals surface area contributed by atoms with Crippen LogP contribution < -0.4 is 15.4 Å². The van der Waals surface area contributed by atoms with Gasteiger partial charge < -0.3 is 20.3 Å². The molecule has 6 heteroatoms. The molecule has 1 aliphatic rings. The predicted octanol–water partition coefficient (Wildman–Crippen LogP) is 3.63. The van der Waals surface area contributed by atoms with Crippen molar-refractivity contribution >= 4 is 11.8 Å². The molecular formula is C29H33N3O3. The number of hydrogen-bond donors (Lipinski definition) is 2. The predicted molar refractivity (Wildman–Crippen MR) is 137 cm³/mol. The molecule has 2 N–H and O–H groups in total. The minimum Gasteiger partial charge on any atom is -0.497 e. The Kier molecular flexibility index (Phi) is 8.16. The fraction of sp³-hybridized carbons (Fsp3) is 0.310. The molecule has 1 aliphatic heterocycles. The Morgan fingerprint density at radius 3 is 2.26 bits per heavy atom. The summed E-state index contributed by atoms with van der Waals surface area (Å²) >= 11 is 0. The molecule has 35 heavy (non-hydrogen) atoms. The summed E-state index contributed by atoms with van der Waals surface area (Å²) in [6.07, 6.45) is 0.784. The number of carbonyl (C=O) groups excluding carboxylic acids is 2. The SMILES string of the molecule is COc1ccc(CCNC(=O)C2CN(C)CC2c2ccc(CNC(=O)c3ccccc3)cc2)cc1. The Morgan fingerprint density at radius 1 is 0.886 bits per heavy atom. The summed E-state index contributed by atoms with van der Waals surface area (Å²) in [5, 5.41) is 6.10. The molecule has 0 radical (unpaired) electrons. The van der Waals surface area contributed by atoms with Gasteiger partial charge in [0.25, 0.3) is 5.91 Å². The summed E-state index contributed by atoms with van der Waals surface area (Å²) in [4.78, 5) is 27.5. The lowest BCUT2D eigenvalue weighted by molar-refractivity contribution is -0.124. The van der Waals surface area contributed by atoms with Crippen molar-refractivity contribution in [3.05, 3.63) is 101 Å². The van der Waals surface area contributed by atoms with E-state index >= 15 is 0 Å². The topological polar surface area (TPSA) is 70.7 Å². The number of amides is 2. The van der Waals surface area contributed by atoms with Gasteiger partial charge in [-0.2, -0.15) is 0 Å². The monoisotopic (exact) mass is 471 g/mol. The fourth-order valence-electron chi connectivity index (χ4n) is 4.61. The first-order valence-electron chi connectivity index (χ1n) is 12.0. The number of carbonyl (C=O) groups is 2. The van der Waals surface area contributed by atoms with Crippen LogP contribution >= 0.6 is 0 Å². The number of benzene rings is 3. The van der Waals surface area contributed by atoms with Crippen LogP contribution in [0.15, 0.2) is 78.9 Å². The maximum absolute atomic E-state index is 13.0. The maximum Gasteiger partial charge on any atom is 0.251 e. The summed E-state index contributed by atoms with van der Waals surface area (Å²) < 4.78 is 5.20. The molecule has 2 atom stereocenters. The highest BCUT2D eigenvalue weighted by Gasteiger charge is 2.36. The molecule has 182 valence electrons. The van der Waals surface area contributed by atoms with Crippen molar-refractivity contribution in [1.29, 1.82) is 0 Å². The van der Waals surface area contributed by atoms with E-state index < -0.39 is 0 Å². The van der Waals surface area contributed by atoms with Crippen molar-refractivity contribution in [2.75, 3.05) is 33.8 Å². The van der Waals surface area contributed by atoms with Gasteiger partial charge in [-0.05, 0) is 54.4 Å². The maximum atomic E-state index is 13.0. The Morgan fingerprint density at radius 2 is 1.57 bits per heavy atom. The van der Waals surface area contributed by atoms with E-state index in [1.54, 1.807) is 19.2 Å². The third kappa shape index (κ3) is 6.49. The normalized spacial score (nSPS) is 17.7. The molecule has 3 aromatic carbocycles. The van der Waals surface area contributed by atoms with Crippen LogP contribution in [0.1, 0.15) is 33.0 Å². The second-order valence-corrected chi connectivity index (χ2v) is 9.11. The Balaban J connectivity index is 1.31. The quantitative estimate of drug-likeness (QED) is 0.500. The van der Waals surface area contributed by atoms with Crippen LogP contribution in [0.5, 0.6) is 5.75 Å². The number of ether oxygens (including phenoxy) is 1. The molecule has 1 fully saturated rings. The second kappa shape index (κ2) is 11.7. The number of likely N-dealkylation sites (N-methyl/N-ethyl adjacent to an activating group) is 1. The molecule has 0 spiro atoms. The molecule has 0 saturated carbocycles. The van der Waals surface area contributed by atoms with Crippen LogP contribution in [-0.4, -0.2) is 50.5 Å². The summed E-state index contributed by atoms with van der Waals surface area (Å²) in [5.74, 6) is 0.915. The highest BCUT2D eigenvalue weighted by Crippen LogP contribution is 2.32. The number of methoxy groups -OCH3 is 1. The van der Waals surface area contributed by atoms with Gasteiger partial charge in [0.2, 0.25) is 5.91 Å². The van der Waals surface area contributed by atoms with Crippen LogP contribution in [0.4, 0.5) is 0 Å². The van der Waals surface area contributed by atoms with Gasteiger partial charge >= 0.3 is 0 Å². The second-order valence-electron chi connectivity index (χ2n) is 9.11. The zero-order valence-corrected chi connectivity index (χ0v) is 20.4. The van der Waals surface area contributed by atoms with Gasteiger partial charge in [-0.15, -0.1) is 0 Å². The zero-order valence-electron chi connectivity index (χ0n) is 20.4. The van der Waals surface area contributed by atoms with E-state index in [0.29, 0.717) is 18.7 Å². The third-order valence-corrected chi connectivity index (χ3v) is 6.61. The Labute approximate surface area is 207 Å². The van der Waals surface area contributed by atoms with E-state index in [-0.39, 0.29) is 23.7 Å². The number of nitrogens with zero attached hydrogens (tertiary/aromatic N) is 1. The van der Waals surface area contributed by atoms with Crippen LogP contribution in [0.3, 0.4) is 0 Å². The zero-order chi connectivity index (χ0) is 24.6. The first-order valence-corrected chi connectivity index (χ1v) is 12.0. The van der Waals surface area contributed by atoms with E-state index in [0.717, 1.165) is 36.4 Å². The van der Waals surface area contributed by atoms with E-state index in [2.05, 4.69) is 34.7 Å². The smallest absolute Gasteiger partial charge is 0.251 e. The Hall–Kier alpha value is -3.64. The van der Waals surface area contributed by atoms with Crippen molar-refractivity contribution in [2.45, 2.75) is 18.9 Å². The molecule has 4 rings (SSSR count). The van der Waals surface area contributed by atoms with E-state index in [1.807, 2.05) is 54.6 Å². The van der Waals surface area contributed by atoms with Gasteiger partial charge in [0.15, 0.2) is 0 Å². The molecule has 1 heterocycles. The molecular weight excluding hydrogens is 438 g/mol. The van der Waals surface area contributed by atoms with E-state index in [1.165, 1.54) is 5.56 Å². The Bertz CT molecular complexity index is 1110. The molecule has 1 saturated heterocycles. The minimum atomic E-state index is -0.0848. The van der Waals surface area contributed by atoms with Crippen molar-refractivity contribution in [3.63, 3.8) is 0 Å². The van der Waals surface area contributed by atoms with Crippen molar-refractivity contribution in [3.8, 4) is 5.75 Å². The van der Waals surface area contributed by atoms with Crippen molar-refractivity contribution < 1.29 is 14.3 Å². The van der Waals surface area contributed by atoms with E-state index in [4.69, 9.17) is 4.74 Å². The first-order chi connectivity index (χ1) is 17.0. The van der Waals surface area contributed by atoms with Crippen LogP contribution in [-0.2, 0) is 17.8 Å². The van der Waals surface area contributed by atoms with Gasteiger partial charge in [0.1, 0.15) is 5.75 Å². The van der Waals surface area contributed by atoms with Crippen molar-refractivity contribution in [2.24, 2.45) is 5.92 Å². The van der Waals surface area contributed by atoms with Crippen LogP contribution in [0.25, 0.3) is 0 Å². The summed E-state index contributed by atoms with van der Waals surface area (Å²) in [7, 11) is 3.72. The molecule has 0 bridgehead atoms. The highest BCUT2D eigenvalue weighted by atomic mass is 16.5. The van der Waals surface area contributed by atoms with Crippen LogP contribution in [0.2, 0.25) is 0 Å². The molecule has 0 aromatic heterocycles. The molecule has 2 amide bonds. The van der Waals surface area contributed by atoms with Gasteiger partial charge in [-0.1, -0.05) is 54.6 Å². The summed E-state index contributed by atoms with van der Waals surface area (Å²) in [6.45, 7) is 2.67. The summed E-state index contributed by atoms with van der Waals surface area (Å²) in [6, 6.07) is 25.4. The van der Waals surface area contributed by atoms with Crippen molar-refractivity contribution in [1.82, 2.24) is 15.5 Å². The standard InChI is InChI=1S/C29H33N3O3/c1-32-19-26(27(20-32)29(34)30-17-16-21-10-14-25(35-2)15-11-21)23-12-8-22(9-13-23)18-31-28(33)24-6-4-3-5-7-24/h3-15,26-27H,16-20H2,1-2H3,(H,30,34)(H,31,33). The lowest BCUT2D eigenvalue weighted by Crippen LogP contribution is -2.35. The molecule has 6 nitrogen and oxygen atoms in total. The molecule has 0 aliphatic carbocycles. The summed E-state index contributed by atoms with van der Waals surface area (Å²) in [5.41, 5.74) is 4.01. The van der Waals surface area contributed by atoms with Gasteiger partial charge in [-0.3, -0.25) is 9.59 Å². The van der Waals surface area contributed by atoms with Crippen LogP contribution in [0, 0.1) is 5.92 Å². The van der Waals surface area contributed by atoms with Gasteiger partial charge in [0.05, 0.1) is 13.0 Å². The average Bonchev–Trinajstić information content (AvgIpc) is 3.30. The average molecular weight is 472 g/mol. The fourth-order valence-corrected chi connectivity index (χ4v) is 4.61. The number of nitrogens with one attached hydrogen (secondary N) is 2. The number of rotatable bonds is 9. The minimum absolute atomic E-state index is 0.0838.